The molecule has 3 aromatic rings. The van der Waals surface area contributed by atoms with E-state index in [0.717, 1.165) is 12.3 Å². The highest BCUT2D eigenvalue weighted by Crippen LogP contribution is 2.34. The Labute approximate surface area is 163 Å². The highest BCUT2D eigenvalue weighted by molar-refractivity contribution is 7.90. The van der Waals surface area contributed by atoms with Crippen molar-refractivity contribution in [3.8, 4) is 17.0 Å². The van der Waals surface area contributed by atoms with Gasteiger partial charge in [0.15, 0.2) is 14.9 Å². The summed E-state index contributed by atoms with van der Waals surface area (Å²) in [7, 11) is -2.24. The first-order chi connectivity index (χ1) is 13.3. The quantitative estimate of drug-likeness (QED) is 0.686. The van der Waals surface area contributed by atoms with Crippen LogP contribution in [0.2, 0.25) is 0 Å². The van der Waals surface area contributed by atoms with Crippen molar-refractivity contribution in [2.75, 3.05) is 11.6 Å². The van der Waals surface area contributed by atoms with Gasteiger partial charge in [-0.25, -0.2) is 18.4 Å². The van der Waals surface area contributed by atoms with Crippen LogP contribution in [0.5, 0.6) is 5.75 Å². The van der Waals surface area contributed by atoms with Crippen LogP contribution in [-0.2, 0) is 21.7 Å². The number of alkyl halides is 3. The van der Waals surface area contributed by atoms with E-state index in [2.05, 4.69) is 20.0 Å². The third kappa shape index (κ3) is 4.65. The maximum Gasteiger partial charge on any atom is 0.573 e. The van der Waals surface area contributed by atoms with Gasteiger partial charge in [-0.1, -0.05) is 0 Å². The van der Waals surface area contributed by atoms with Crippen LogP contribution in [0.25, 0.3) is 22.2 Å². The molecule has 0 spiro atoms. The van der Waals surface area contributed by atoms with E-state index in [1.54, 1.807) is 17.8 Å². The van der Waals surface area contributed by atoms with Gasteiger partial charge in [-0.3, -0.25) is 4.79 Å². The van der Waals surface area contributed by atoms with Gasteiger partial charge in [-0.15, -0.1) is 13.2 Å². The van der Waals surface area contributed by atoms with Gasteiger partial charge in [-0.2, -0.15) is 0 Å². The van der Waals surface area contributed by atoms with Crippen molar-refractivity contribution in [1.29, 1.82) is 0 Å². The number of nitrogens with zero attached hydrogens (tertiary/aromatic N) is 3. The first-order valence-corrected chi connectivity index (χ1v) is 9.93. The third-order valence-corrected chi connectivity index (χ3v) is 4.81. The van der Waals surface area contributed by atoms with Crippen molar-refractivity contribution >= 4 is 32.5 Å². The number of carbonyl (C=O) groups excluding carboxylic acids is 1. The topological polar surface area (TPSA) is 103 Å². The standard InChI is InChI=1S/C17H15F3N4O4S/c1-9(25)22-15-6-11-12(8-24(2)14(11)7-21-15)13-4-10(28-17(18,19)20)5-16(23-13)29(3,26)27/h4-8H,1-3H3,(H,21,22,25). The predicted molar refractivity (Wildman–Crippen MR) is 98.0 cm³/mol. The van der Waals surface area contributed by atoms with E-state index in [1.807, 2.05) is 0 Å². The molecule has 0 atom stereocenters. The Balaban J connectivity index is 2.24. The van der Waals surface area contributed by atoms with E-state index in [1.165, 1.54) is 19.2 Å². The number of anilines is 1. The number of halogens is 3. The number of amides is 1. The van der Waals surface area contributed by atoms with Crippen LogP contribution in [-0.4, -0.2) is 41.5 Å². The Morgan fingerprint density at radius 3 is 2.52 bits per heavy atom. The summed E-state index contributed by atoms with van der Waals surface area (Å²) in [4.78, 5) is 19.4. The number of sulfone groups is 1. The van der Waals surface area contributed by atoms with Gasteiger partial charge in [0.1, 0.15) is 11.6 Å². The van der Waals surface area contributed by atoms with E-state index in [4.69, 9.17) is 0 Å². The molecule has 0 aromatic carbocycles. The molecule has 3 heterocycles. The number of hydrogen-bond donors (Lipinski definition) is 1. The molecule has 154 valence electrons. The molecule has 0 unspecified atom stereocenters. The summed E-state index contributed by atoms with van der Waals surface area (Å²) < 4.78 is 67.5. The van der Waals surface area contributed by atoms with Gasteiger partial charge < -0.3 is 14.6 Å². The molecule has 1 amide bonds. The fourth-order valence-electron chi connectivity index (χ4n) is 2.73. The first kappa shape index (κ1) is 20.6. The summed E-state index contributed by atoms with van der Waals surface area (Å²) in [5.41, 5.74) is 0.894. The Kier molecular flexibility index (Phi) is 4.99. The smallest absolute Gasteiger partial charge is 0.406 e. The Morgan fingerprint density at radius 1 is 1.24 bits per heavy atom. The molecule has 0 aliphatic carbocycles. The molecule has 0 bridgehead atoms. The number of fused-ring (bicyclic) bond motifs is 1. The Morgan fingerprint density at radius 2 is 1.93 bits per heavy atom. The number of pyridine rings is 2. The maximum absolute atomic E-state index is 12.7. The second kappa shape index (κ2) is 7.03. The fraction of sp³-hybridized carbons (Fsp3) is 0.235. The van der Waals surface area contributed by atoms with Crippen molar-refractivity contribution < 1.29 is 31.1 Å². The molecule has 0 aliphatic heterocycles. The van der Waals surface area contributed by atoms with Crippen LogP contribution in [0.15, 0.2) is 35.6 Å². The van der Waals surface area contributed by atoms with E-state index in [0.29, 0.717) is 22.5 Å². The number of nitrogens with one attached hydrogen (secondary N) is 1. The predicted octanol–water partition coefficient (Wildman–Crippen LogP) is 2.90. The maximum atomic E-state index is 12.7. The Bertz CT molecular complexity index is 1220. The lowest BCUT2D eigenvalue weighted by atomic mass is 10.1. The van der Waals surface area contributed by atoms with E-state index >= 15 is 0 Å². The minimum absolute atomic E-state index is 0.0437. The summed E-state index contributed by atoms with van der Waals surface area (Å²) in [5, 5.41) is 2.45. The molecule has 0 saturated carbocycles. The van der Waals surface area contributed by atoms with Gasteiger partial charge in [0.25, 0.3) is 0 Å². The van der Waals surface area contributed by atoms with Crippen LogP contribution in [0.3, 0.4) is 0 Å². The van der Waals surface area contributed by atoms with Gasteiger partial charge in [0, 0.05) is 49.5 Å². The second-order valence-corrected chi connectivity index (χ2v) is 8.23. The van der Waals surface area contributed by atoms with Crippen LogP contribution < -0.4 is 10.1 Å². The van der Waals surface area contributed by atoms with Gasteiger partial charge >= 0.3 is 6.36 Å². The molecule has 3 aromatic heterocycles. The van der Waals surface area contributed by atoms with Crippen LogP contribution >= 0.6 is 0 Å². The van der Waals surface area contributed by atoms with E-state index < -0.39 is 27.0 Å². The van der Waals surface area contributed by atoms with Gasteiger partial charge in [0.2, 0.25) is 5.91 Å². The van der Waals surface area contributed by atoms with Crippen molar-refractivity contribution in [2.24, 2.45) is 7.05 Å². The number of rotatable bonds is 4. The van der Waals surface area contributed by atoms with E-state index in [9.17, 15) is 26.4 Å². The number of ether oxygens (including phenoxy) is 1. The molecule has 0 saturated heterocycles. The zero-order valence-corrected chi connectivity index (χ0v) is 16.2. The van der Waals surface area contributed by atoms with Gasteiger partial charge in [0.05, 0.1) is 17.4 Å². The summed E-state index contributed by atoms with van der Waals surface area (Å²) >= 11 is 0. The minimum Gasteiger partial charge on any atom is -0.406 e. The SMILES string of the molecule is CC(=O)Nc1cc2c(-c3cc(OC(F)(F)F)cc(S(C)(=O)=O)n3)cn(C)c2cn1. The summed E-state index contributed by atoms with van der Waals surface area (Å²) in [5.74, 6) is -0.841. The molecule has 0 radical (unpaired) electrons. The molecule has 12 heteroatoms. The number of aromatic nitrogens is 3. The molecule has 8 nitrogen and oxygen atoms in total. The zero-order chi connectivity index (χ0) is 21.6. The number of carbonyl (C=O) groups is 1. The average Bonchev–Trinajstić information content (AvgIpc) is 2.88. The number of hydrogen-bond acceptors (Lipinski definition) is 6. The molecule has 29 heavy (non-hydrogen) atoms. The third-order valence-electron chi connectivity index (χ3n) is 3.84. The Hall–Kier alpha value is -3.15. The summed E-state index contributed by atoms with van der Waals surface area (Å²) in [6, 6.07) is 3.22. The molecule has 0 aliphatic rings. The fourth-order valence-corrected chi connectivity index (χ4v) is 3.33. The first-order valence-electron chi connectivity index (χ1n) is 8.04. The lowest BCUT2D eigenvalue weighted by Gasteiger charge is -2.11. The summed E-state index contributed by atoms with van der Waals surface area (Å²) in [6.45, 7) is 1.30. The summed E-state index contributed by atoms with van der Waals surface area (Å²) in [6.07, 6.45) is -1.14. The average molecular weight is 428 g/mol. The lowest BCUT2D eigenvalue weighted by Crippen LogP contribution is -2.17. The van der Waals surface area contributed by atoms with Crippen LogP contribution in [0, 0.1) is 0 Å². The zero-order valence-electron chi connectivity index (χ0n) is 15.4. The lowest BCUT2D eigenvalue weighted by molar-refractivity contribution is -0.274. The van der Waals surface area contributed by atoms with Crippen molar-refractivity contribution in [2.45, 2.75) is 18.3 Å². The molecular weight excluding hydrogens is 413 g/mol. The minimum atomic E-state index is -5.01. The molecule has 3 rings (SSSR count). The van der Waals surface area contributed by atoms with Crippen molar-refractivity contribution in [3.05, 3.63) is 30.6 Å². The van der Waals surface area contributed by atoms with E-state index in [-0.39, 0.29) is 17.4 Å². The van der Waals surface area contributed by atoms with Crippen molar-refractivity contribution in [3.63, 3.8) is 0 Å². The molecule has 0 fully saturated rings. The largest absolute Gasteiger partial charge is 0.573 e. The van der Waals surface area contributed by atoms with Crippen LogP contribution in [0.1, 0.15) is 6.92 Å². The highest BCUT2D eigenvalue weighted by Gasteiger charge is 2.32. The highest BCUT2D eigenvalue weighted by atomic mass is 32.2. The van der Waals surface area contributed by atoms with Crippen LogP contribution in [0.4, 0.5) is 19.0 Å². The second-order valence-electron chi connectivity index (χ2n) is 6.27. The monoisotopic (exact) mass is 428 g/mol. The number of aryl methyl sites for hydroxylation is 1. The molecular formula is C17H15F3N4O4S. The van der Waals surface area contributed by atoms with Crippen molar-refractivity contribution in [1.82, 2.24) is 14.5 Å². The van der Waals surface area contributed by atoms with Gasteiger partial charge in [-0.05, 0) is 6.07 Å². The molecule has 1 N–H and O–H groups in total. The normalized spacial score (nSPS) is 12.2.